The highest BCUT2D eigenvalue weighted by Crippen LogP contribution is 2.21. The summed E-state index contributed by atoms with van der Waals surface area (Å²) in [4.78, 5) is 1.86. The average Bonchev–Trinajstić information content (AvgIpc) is 2.63. The number of aromatic nitrogens is 2. The van der Waals surface area contributed by atoms with Crippen molar-refractivity contribution in [3.05, 3.63) is 12.1 Å². The number of hydrogen-bond acceptors (Lipinski definition) is 7. The molecule has 0 spiro atoms. The van der Waals surface area contributed by atoms with Gasteiger partial charge in [0, 0.05) is 39.8 Å². The van der Waals surface area contributed by atoms with Crippen molar-refractivity contribution in [3.63, 3.8) is 0 Å². The van der Waals surface area contributed by atoms with Crippen LogP contribution in [-0.2, 0) is 14.9 Å². The fourth-order valence-electron chi connectivity index (χ4n) is 2.94. The smallest absolute Gasteiger partial charge is 0.282 e. The molecule has 2 saturated heterocycles. The summed E-state index contributed by atoms with van der Waals surface area (Å²) in [7, 11) is 0.314. The topological polar surface area (TPSA) is 88.1 Å². The Balaban J connectivity index is 1.62. The third kappa shape index (κ3) is 4.38. The summed E-state index contributed by atoms with van der Waals surface area (Å²) >= 11 is 0. The van der Waals surface area contributed by atoms with E-state index in [1.165, 1.54) is 8.61 Å². The molecule has 9 nitrogen and oxygen atoms in total. The van der Waals surface area contributed by atoms with E-state index in [2.05, 4.69) is 10.2 Å². The van der Waals surface area contributed by atoms with Crippen molar-refractivity contribution in [1.82, 2.24) is 18.8 Å². The summed E-state index contributed by atoms with van der Waals surface area (Å²) in [6.45, 7) is 2.55. The molecule has 1 unspecified atom stereocenters. The number of ether oxygens (including phenoxy) is 2. The molecule has 1 aromatic heterocycles. The van der Waals surface area contributed by atoms with Crippen LogP contribution < -0.4 is 9.64 Å². The van der Waals surface area contributed by atoms with E-state index in [4.69, 9.17) is 9.47 Å². The van der Waals surface area contributed by atoms with Crippen molar-refractivity contribution >= 4 is 16.0 Å². The first-order valence-electron chi connectivity index (χ1n) is 8.47. The van der Waals surface area contributed by atoms with Crippen LogP contribution in [0, 0.1) is 0 Å². The molecule has 2 aliphatic heterocycles. The van der Waals surface area contributed by atoms with Gasteiger partial charge in [-0.3, -0.25) is 0 Å². The Morgan fingerprint density at radius 1 is 1.16 bits per heavy atom. The summed E-state index contributed by atoms with van der Waals surface area (Å²) in [5.41, 5.74) is 0. The minimum absolute atomic E-state index is 0.218. The zero-order chi connectivity index (χ0) is 17.9. The fourth-order valence-corrected chi connectivity index (χ4v) is 4.59. The number of morpholine rings is 1. The minimum atomic E-state index is -3.46. The Bertz CT molecular complexity index is 661. The second kappa shape index (κ2) is 7.81. The van der Waals surface area contributed by atoms with Crippen molar-refractivity contribution in [3.8, 4) is 5.88 Å². The molecule has 10 heteroatoms. The van der Waals surface area contributed by atoms with Crippen LogP contribution in [-0.4, -0.2) is 86.8 Å². The number of nitrogens with zero attached hydrogens (tertiary/aromatic N) is 5. The maximum Gasteiger partial charge on any atom is 0.282 e. The van der Waals surface area contributed by atoms with Gasteiger partial charge in [0.05, 0.1) is 19.8 Å². The van der Waals surface area contributed by atoms with Crippen molar-refractivity contribution < 1.29 is 17.9 Å². The van der Waals surface area contributed by atoms with Gasteiger partial charge in [0.2, 0.25) is 5.88 Å². The Hall–Kier alpha value is -1.49. The first-order valence-corrected chi connectivity index (χ1v) is 9.87. The third-order valence-electron chi connectivity index (χ3n) is 4.34. The maximum absolute atomic E-state index is 12.8. The van der Waals surface area contributed by atoms with Crippen LogP contribution in [0.2, 0.25) is 0 Å². The summed E-state index contributed by atoms with van der Waals surface area (Å²) in [5, 5.41) is 8.14. The monoisotopic (exact) mass is 371 g/mol. The molecule has 2 aliphatic rings. The van der Waals surface area contributed by atoms with E-state index in [-0.39, 0.29) is 6.10 Å². The SMILES string of the molecule is CN(C)c1ccc(OC2CCCN(S(=O)(=O)N3CCOCC3)C2)nn1. The van der Waals surface area contributed by atoms with Gasteiger partial charge in [0.25, 0.3) is 10.2 Å². The lowest BCUT2D eigenvalue weighted by Crippen LogP contribution is -2.53. The zero-order valence-corrected chi connectivity index (χ0v) is 15.5. The Morgan fingerprint density at radius 3 is 2.56 bits per heavy atom. The van der Waals surface area contributed by atoms with E-state index in [0.29, 0.717) is 45.3 Å². The number of hydrogen-bond donors (Lipinski definition) is 0. The van der Waals surface area contributed by atoms with Crippen LogP contribution in [0.3, 0.4) is 0 Å². The molecular formula is C15H25N5O4S. The highest BCUT2D eigenvalue weighted by Gasteiger charge is 2.35. The van der Waals surface area contributed by atoms with Crippen LogP contribution in [0.15, 0.2) is 12.1 Å². The van der Waals surface area contributed by atoms with Gasteiger partial charge in [-0.2, -0.15) is 17.0 Å². The normalized spacial score (nSPS) is 23.4. The molecular weight excluding hydrogens is 346 g/mol. The third-order valence-corrected chi connectivity index (χ3v) is 6.34. The lowest BCUT2D eigenvalue weighted by molar-refractivity contribution is 0.0663. The first kappa shape index (κ1) is 18.3. The molecule has 3 rings (SSSR count). The van der Waals surface area contributed by atoms with Crippen LogP contribution in [0.25, 0.3) is 0 Å². The van der Waals surface area contributed by atoms with Crippen LogP contribution in [0.4, 0.5) is 5.82 Å². The van der Waals surface area contributed by atoms with Crippen molar-refractivity contribution in [2.24, 2.45) is 0 Å². The molecule has 0 N–H and O–H groups in total. The van der Waals surface area contributed by atoms with Crippen molar-refractivity contribution in [2.45, 2.75) is 18.9 Å². The predicted molar refractivity (Wildman–Crippen MR) is 92.9 cm³/mol. The van der Waals surface area contributed by atoms with Gasteiger partial charge in [-0.1, -0.05) is 0 Å². The first-order chi connectivity index (χ1) is 12.0. The van der Waals surface area contributed by atoms with Crippen molar-refractivity contribution in [2.75, 3.05) is 58.4 Å². The fraction of sp³-hybridized carbons (Fsp3) is 0.733. The number of rotatable bonds is 5. The second-order valence-electron chi connectivity index (χ2n) is 6.38. The van der Waals surface area contributed by atoms with Gasteiger partial charge in [0.1, 0.15) is 6.10 Å². The van der Waals surface area contributed by atoms with Crippen LogP contribution >= 0.6 is 0 Å². The van der Waals surface area contributed by atoms with Gasteiger partial charge >= 0.3 is 0 Å². The van der Waals surface area contributed by atoms with E-state index < -0.39 is 10.2 Å². The molecule has 0 saturated carbocycles. The maximum atomic E-state index is 12.8. The number of piperidine rings is 1. The molecule has 140 valence electrons. The van der Waals surface area contributed by atoms with Gasteiger partial charge < -0.3 is 14.4 Å². The lowest BCUT2D eigenvalue weighted by atomic mass is 10.1. The number of anilines is 1. The summed E-state index contributed by atoms with van der Waals surface area (Å²) in [5.74, 6) is 1.16. The average molecular weight is 371 g/mol. The standard InChI is InChI=1S/C15H25N5O4S/c1-18(2)14-5-6-15(17-16-14)24-13-4-3-7-20(12-13)25(21,22)19-8-10-23-11-9-19/h5-6,13H,3-4,7-12H2,1-2H3. The highest BCUT2D eigenvalue weighted by molar-refractivity contribution is 7.86. The summed E-state index contributed by atoms with van der Waals surface area (Å²) in [6.07, 6.45) is 1.34. The van der Waals surface area contributed by atoms with Crippen LogP contribution in [0.5, 0.6) is 5.88 Å². The van der Waals surface area contributed by atoms with Crippen molar-refractivity contribution in [1.29, 1.82) is 0 Å². The summed E-state index contributed by atoms with van der Waals surface area (Å²) in [6, 6.07) is 3.59. The molecule has 0 amide bonds. The lowest BCUT2D eigenvalue weighted by Gasteiger charge is -2.36. The molecule has 1 atom stereocenters. The van der Waals surface area contributed by atoms with E-state index in [0.717, 1.165) is 18.7 Å². The van der Waals surface area contributed by atoms with Gasteiger partial charge in [-0.25, -0.2) is 0 Å². The van der Waals surface area contributed by atoms with E-state index in [1.54, 1.807) is 6.07 Å². The Morgan fingerprint density at radius 2 is 1.92 bits per heavy atom. The highest BCUT2D eigenvalue weighted by atomic mass is 32.2. The predicted octanol–water partition coefficient (Wildman–Crippen LogP) is -0.0372. The molecule has 0 radical (unpaired) electrons. The molecule has 0 aromatic carbocycles. The Kier molecular flexibility index (Phi) is 5.72. The molecule has 2 fully saturated rings. The van der Waals surface area contributed by atoms with Gasteiger partial charge in [-0.05, 0) is 18.9 Å². The second-order valence-corrected chi connectivity index (χ2v) is 8.31. The van der Waals surface area contributed by atoms with Gasteiger partial charge in [-0.15, -0.1) is 10.2 Å². The molecule has 3 heterocycles. The van der Waals surface area contributed by atoms with E-state index in [1.807, 2.05) is 25.1 Å². The summed E-state index contributed by atoms with van der Waals surface area (Å²) < 4.78 is 39.6. The zero-order valence-electron chi connectivity index (χ0n) is 14.7. The van der Waals surface area contributed by atoms with Crippen LogP contribution in [0.1, 0.15) is 12.8 Å². The molecule has 25 heavy (non-hydrogen) atoms. The minimum Gasteiger partial charge on any atom is -0.472 e. The van der Waals surface area contributed by atoms with E-state index in [9.17, 15) is 8.42 Å². The Labute approximate surface area is 148 Å². The molecule has 0 bridgehead atoms. The quantitative estimate of drug-likeness (QED) is 0.718. The van der Waals surface area contributed by atoms with Gasteiger partial charge in [0.15, 0.2) is 5.82 Å². The molecule has 0 aliphatic carbocycles. The van der Waals surface area contributed by atoms with E-state index >= 15 is 0 Å². The largest absolute Gasteiger partial charge is 0.472 e. The molecule has 1 aromatic rings.